The fraction of sp³-hybridized carbons (Fsp3) is 0.389. The number of imidazole rings is 1. The van der Waals surface area contributed by atoms with E-state index in [1.54, 1.807) is 30.5 Å². The lowest BCUT2D eigenvalue weighted by Gasteiger charge is -2.32. The summed E-state index contributed by atoms with van der Waals surface area (Å²) in [6.07, 6.45) is 4.70. The van der Waals surface area contributed by atoms with E-state index in [9.17, 15) is 4.79 Å². The Morgan fingerprint density at radius 3 is 2.70 bits per heavy atom. The Labute approximate surface area is 136 Å². The van der Waals surface area contributed by atoms with Crippen LogP contribution in [0.15, 0.2) is 36.7 Å². The fourth-order valence-corrected chi connectivity index (χ4v) is 3.20. The van der Waals surface area contributed by atoms with Crippen molar-refractivity contribution >= 4 is 5.91 Å². The van der Waals surface area contributed by atoms with Gasteiger partial charge in [-0.15, -0.1) is 0 Å². The van der Waals surface area contributed by atoms with Crippen LogP contribution in [0.25, 0.3) is 0 Å². The molecule has 2 heterocycles. The van der Waals surface area contributed by atoms with E-state index in [2.05, 4.69) is 29.5 Å². The summed E-state index contributed by atoms with van der Waals surface area (Å²) in [5.74, 6) is 1.24. The van der Waals surface area contributed by atoms with Crippen molar-refractivity contribution in [2.75, 3.05) is 6.54 Å². The molecule has 1 aromatic heterocycles. The largest absolute Gasteiger partial charge is 0.333 e. The molecule has 0 aliphatic carbocycles. The summed E-state index contributed by atoms with van der Waals surface area (Å²) in [4.78, 5) is 19.4. The van der Waals surface area contributed by atoms with E-state index in [0.717, 1.165) is 18.8 Å². The van der Waals surface area contributed by atoms with E-state index in [4.69, 9.17) is 5.26 Å². The molecule has 3 rings (SSSR count). The van der Waals surface area contributed by atoms with Crippen LogP contribution in [0.2, 0.25) is 0 Å². The van der Waals surface area contributed by atoms with Crippen molar-refractivity contribution in [3.05, 3.63) is 53.6 Å². The summed E-state index contributed by atoms with van der Waals surface area (Å²) in [5, 5.41) is 8.90. The minimum atomic E-state index is -0.0318. The number of hydrogen-bond acceptors (Lipinski definition) is 3. The van der Waals surface area contributed by atoms with Crippen LogP contribution in [0, 0.1) is 17.2 Å². The molecule has 1 aromatic carbocycles. The molecule has 0 spiro atoms. The fourth-order valence-electron chi connectivity index (χ4n) is 3.20. The van der Waals surface area contributed by atoms with Gasteiger partial charge in [0, 0.05) is 31.0 Å². The highest BCUT2D eigenvalue weighted by Crippen LogP contribution is 2.31. The van der Waals surface area contributed by atoms with Gasteiger partial charge in [0.25, 0.3) is 5.91 Å². The number of fused-ring (bicyclic) bond motifs is 1. The highest BCUT2D eigenvalue weighted by atomic mass is 16.2. The van der Waals surface area contributed by atoms with Gasteiger partial charge in [0.1, 0.15) is 5.82 Å². The number of rotatable bonds is 2. The van der Waals surface area contributed by atoms with E-state index >= 15 is 0 Å². The maximum atomic E-state index is 13.0. The molecular weight excluding hydrogens is 288 g/mol. The molecule has 0 saturated carbocycles. The van der Waals surface area contributed by atoms with E-state index in [-0.39, 0.29) is 17.9 Å². The number of hydrogen-bond donors (Lipinski definition) is 0. The average molecular weight is 308 g/mol. The first-order valence-corrected chi connectivity index (χ1v) is 7.94. The smallest absolute Gasteiger partial charge is 0.254 e. The average Bonchev–Trinajstić information content (AvgIpc) is 2.93. The van der Waals surface area contributed by atoms with Gasteiger partial charge in [0.05, 0.1) is 17.7 Å². The number of aryl methyl sites for hydroxylation is 1. The molecule has 2 aromatic rings. The Hall–Kier alpha value is -2.61. The van der Waals surface area contributed by atoms with Crippen molar-refractivity contribution in [2.24, 2.45) is 5.92 Å². The first-order valence-electron chi connectivity index (χ1n) is 7.94. The standard InChI is InChI=1S/C18H20N4O/c1-13(2)16-17-20-8-11-21(17)9-3-10-22(16)18(23)15-6-4-14(12-19)5-7-15/h4-8,11,13,16H,3,9-10H2,1-2H3. The van der Waals surface area contributed by atoms with Crippen LogP contribution in [0.5, 0.6) is 0 Å². The first kappa shape index (κ1) is 15.3. The van der Waals surface area contributed by atoms with Gasteiger partial charge >= 0.3 is 0 Å². The van der Waals surface area contributed by atoms with E-state index in [0.29, 0.717) is 17.7 Å². The van der Waals surface area contributed by atoms with Crippen LogP contribution in [0.3, 0.4) is 0 Å². The summed E-state index contributed by atoms with van der Waals surface area (Å²) >= 11 is 0. The molecule has 1 amide bonds. The van der Waals surface area contributed by atoms with E-state index in [1.165, 1.54) is 0 Å². The second-order valence-electron chi connectivity index (χ2n) is 6.21. The number of carbonyl (C=O) groups excluding carboxylic acids is 1. The van der Waals surface area contributed by atoms with Gasteiger partial charge in [-0.3, -0.25) is 4.79 Å². The Morgan fingerprint density at radius 2 is 2.04 bits per heavy atom. The molecule has 0 bridgehead atoms. The van der Waals surface area contributed by atoms with Gasteiger partial charge in [-0.2, -0.15) is 5.26 Å². The second-order valence-corrected chi connectivity index (χ2v) is 6.21. The third-order valence-electron chi connectivity index (χ3n) is 4.30. The highest BCUT2D eigenvalue weighted by Gasteiger charge is 2.33. The van der Waals surface area contributed by atoms with Gasteiger partial charge in [-0.05, 0) is 36.6 Å². The van der Waals surface area contributed by atoms with Crippen LogP contribution < -0.4 is 0 Å². The van der Waals surface area contributed by atoms with Crippen LogP contribution in [0.4, 0.5) is 0 Å². The minimum absolute atomic E-state index is 0.00430. The quantitative estimate of drug-likeness (QED) is 0.857. The molecule has 0 saturated heterocycles. The van der Waals surface area contributed by atoms with Crippen molar-refractivity contribution in [3.8, 4) is 6.07 Å². The summed E-state index contributed by atoms with van der Waals surface area (Å²) < 4.78 is 2.15. The molecule has 0 radical (unpaired) electrons. The van der Waals surface area contributed by atoms with Gasteiger partial charge < -0.3 is 9.47 Å². The molecule has 1 aliphatic rings. The Morgan fingerprint density at radius 1 is 1.30 bits per heavy atom. The topological polar surface area (TPSA) is 61.9 Å². The lowest BCUT2D eigenvalue weighted by atomic mass is 10.0. The molecule has 1 aliphatic heterocycles. The normalized spacial score (nSPS) is 17.5. The van der Waals surface area contributed by atoms with Crippen LogP contribution >= 0.6 is 0 Å². The van der Waals surface area contributed by atoms with Crippen molar-refractivity contribution < 1.29 is 4.79 Å². The number of carbonyl (C=O) groups is 1. The summed E-state index contributed by atoms with van der Waals surface area (Å²) in [6.45, 7) is 5.84. The minimum Gasteiger partial charge on any atom is -0.333 e. The van der Waals surface area contributed by atoms with Crippen LogP contribution in [-0.4, -0.2) is 26.9 Å². The maximum Gasteiger partial charge on any atom is 0.254 e. The van der Waals surface area contributed by atoms with Crippen molar-refractivity contribution in [1.82, 2.24) is 14.5 Å². The molecule has 0 fully saturated rings. The third kappa shape index (κ3) is 2.85. The molecule has 5 nitrogen and oxygen atoms in total. The van der Waals surface area contributed by atoms with Gasteiger partial charge in [0.15, 0.2) is 0 Å². The summed E-state index contributed by atoms with van der Waals surface area (Å²) in [5.41, 5.74) is 1.18. The van der Waals surface area contributed by atoms with Gasteiger partial charge in [-0.1, -0.05) is 13.8 Å². The zero-order valence-corrected chi connectivity index (χ0v) is 13.4. The highest BCUT2D eigenvalue weighted by molar-refractivity contribution is 5.94. The maximum absolute atomic E-state index is 13.0. The third-order valence-corrected chi connectivity index (χ3v) is 4.30. The number of nitrogens with zero attached hydrogens (tertiary/aromatic N) is 4. The zero-order valence-electron chi connectivity index (χ0n) is 13.4. The van der Waals surface area contributed by atoms with Crippen molar-refractivity contribution in [3.63, 3.8) is 0 Å². The van der Waals surface area contributed by atoms with E-state index < -0.39 is 0 Å². The Bertz CT molecular complexity index is 739. The molecule has 1 unspecified atom stereocenters. The Kier molecular flexibility index (Phi) is 4.16. The lowest BCUT2D eigenvalue weighted by Crippen LogP contribution is -2.38. The molecule has 0 N–H and O–H groups in total. The molecular formula is C18H20N4O. The molecule has 1 atom stereocenters. The predicted octanol–water partition coefficient (Wildman–Crippen LogP) is 3.00. The second kappa shape index (κ2) is 6.25. The predicted molar refractivity (Wildman–Crippen MR) is 86.6 cm³/mol. The van der Waals surface area contributed by atoms with Crippen molar-refractivity contribution in [2.45, 2.75) is 32.9 Å². The Balaban J connectivity index is 1.96. The number of nitriles is 1. The first-order chi connectivity index (χ1) is 11.1. The monoisotopic (exact) mass is 308 g/mol. The molecule has 118 valence electrons. The molecule has 23 heavy (non-hydrogen) atoms. The number of aromatic nitrogens is 2. The number of amides is 1. The zero-order chi connectivity index (χ0) is 16.4. The number of benzene rings is 1. The molecule has 5 heteroatoms. The summed E-state index contributed by atoms with van der Waals surface area (Å²) in [7, 11) is 0. The SMILES string of the molecule is CC(C)C1c2nccn2CCCN1C(=O)c1ccc(C#N)cc1. The van der Waals surface area contributed by atoms with Gasteiger partial charge in [0.2, 0.25) is 0 Å². The van der Waals surface area contributed by atoms with E-state index in [1.807, 2.05) is 11.1 Å². The van der Waals surface area contributed by atoms with Crippen LogP contribution in [0.1, 0.15) is 48.1 Å². The lowest BCUT2D eigenvalue weighted by molar-refractivity contribution is 0.0622. The van der Waals surface area contributed by atoms with Crippen molar-refractivity contribution in [1.29, 1.82) is 5.26 Å². The van der Waals surface area contributed by atoms with Gasteiger partial charge in [-0.25, -0.2) is 4.98 Å². The van der Waals surface area contributed by atoms with Crippen LogP contribution in [-0.2, 0) is 6.54 Å². The summed E-state index contributed by atoms with van der Waals surface area (Å²) in [6, 6.07) is 8.89.